The fourth-order valence-corrected chi connectivity index (χ4v) is 1.94. The summed E-state index contributed by atoms with van der Waals surface area (Å²) in [6.07, 6.45) is 0. The largest absolute Gasteiger partial charge is 0.494 e. The van der Waals surface area contributed by atoms with Gasteiger partial charge >= 0.3 is 0 Å². The van der Waals surface area contributed by atoms with Crippen molar-refractivity contribution in [3.05, 3.63) is 64.5 Å². The van der Waals surface area contributed by atoms with Crippen LogP contribution in [-0.2, 0) is 0 Å². The molecule has 0 fully saturated rings. The topological polar surface area (TPSA) is 26.3 Å². The SMILES string of the molecule is COc1ccc(C(=O)c2cc(C)ccc2C)cc1F. The predicted molar refractivity (Wildman–Crippen MR) is 72.3 cm³/mol. The monoisotopic (exact) mass is 258 g/mol. The molecule has 0 saturated carbocycles. The van der Waals surface area contributed by atoms with Crippen LogP contribution in [0, 0.1) is 19.7 Å². The molecule has 2 nitrogen and oxygen atoms in total. The Morgan fingerprint density at radius 2 is 1.84 bits per heavy atom. The smallest absolute Gasteiger partial charge is 0.193 e. The number of methoxy groups -OCH3 is 1. The van der Waals surface area contributed by atoms with Crippen LogP contribution in [0.25, 0.3) is 0 Å². The Kier molecular flexibility index (Phi) is 3.65. The van der Waals surface area contributed by atoms with Crippen molar-refractivity contribution in [1.29, 1.82) is 0 Å². The van der Waals surface area contributed by atoms with E-state index in [2.05, 4.69) is 0 Å². The van der Waals surface area contributed by atoms with Crippen molar-refractivity contribution in [3.63, 3.8) is 0 Å². The van der Waals surface area contributed by atoms with Gasteiger partial charge in [0.1, 0.15) is 0 Å². The molecule has 0 spiro atoms. The maximum atomic E-state index is 13.6. The highest BCUT2D eigenvalue weighted by Gasteiger charge is 2.14. The number of carbonyl (C=O) groups excluding carboxylic acids is 1. The molecule has 0 N–H and O–H groups in total. The van der Waals surface area contributed by atoms with E-state index in [9.17, 15) is 9.18 Å². The van der Waals surface area contributed by atoms with Gasteiger partial charge in [-0.1, -0.05) is 17.7 Å². The number of ketones is 1. The number of carbonyl (C=O) groups is 1. The average molecular weight is 258 g/mol. The first kappa shape index (κ1) is 13.3. The maximum Gasteiger partial charge on any atom is 0.193 e. The van der Waals surface area contributed by atoms with E-state index in [0.29, 0.717) is 11.1 Å². The normalized spacial score (nSPS) is 10.3. The summed E-state index contributed by atoms with van der Waals surface area (Å²) >= 11 is 0. The van der Waals surface area contributed by atoms with Crippen LogP contribution in [0.2, 0.25) is 0 Å². The van der Waals surface area contributed by atoms with Crippen molar-refractivity contribution in [3.8, 4) is 5.75 Å². The molecule has 2 aromatic carbocycles. The third kappa shape index (κ3) is 2.65. The minimum atomic E-state index is -0.529. The molecule has 0 aliphatic heterocycles. The molecule has 0 heterocycles. The van der Waals surface area contributed by atoms with Gasteiger partial charge in [-0.2, -0.15) is 0 Å². The summed E-state index contributed by atoms with van der Waals surface area (Å²) in [5.41, 5.74) is 2.81. The number of hydrogen-bond acceptors (Lipinski definition) is 2. The van der Waals surface area contributed by atoms with Crippen LogP contribution in [0.15, 0.2) is 36.4 Å². The van der Waals surface area contributed by atoms with Gasteiger partial charge in [0, 0.05) is 11.1 Å². The molecule has 0 saturated heterocycles. The molecule has 2 aromatic rings. The molecule has 0 radical (unpaired) electrons. The van der Waals surface area contributed by atoms with Crippen LogP contribution < -0.4 is 4.74 Å². The summed E-state index contributed by atoms with van der Waals surface area (Å²) in [7, 11) is 1.39. The Labute approximate surface area is 111 Å². The minimum absolute atomic E-state index is 0.137. The van der Waals surface area contributed by atoms with Crippen LogP contribution in [-0.4, -0.2) is 12.9 Å². The molecular weight excluding hydrogens is 243 g/mol. The molecule has 0 aliphatic rings. The van der Waals surface area contributed by atoms with Gasteiger partial charge in [0.2, 0.25) is 0 Å². The second-order valence-electron chi connectivity index (χ2n) is 4.50. The Bertz CT molecular complexity index is 633. The van der Waals surface area contributed by atoms with Gasteiger partial charge < -0.3 is 4.74 Å². The maximum absolute atomic E-state index is 13.6. The van der Waals surface area contributed by atoms with Crippen LogP contribution in [0.4, 0.5) is 4.39 Å². The standard InChI is InChI=1S/C16H15FO2/c1-10-4-5-11(2)13(8-10)16(18)12-6-7-15(19-3)14(17)9-12/h4-9H,1-3H3. The van der Waals surface area contributed by atoms with Crippen molar-refractivity contribution in [2.45, 2.75) is 13.8 Å². The molecule has 0 bridgehead atoms. The van der Waals surface area contributed by atoms with E-state index in [1.54, 1.807) is 6.07 Å². The lowest BCUT2D eigenvalue weighted by atomic mass is 9.97. The Hall–Kier alpha value is -2.16. The first-order valence-electron chi connectivity index (χ1n) is 5.98. The molecule has 98 valence electrons. The molecule has 0 aliphatic carbocycles. The number of halogens is 1. The van der Waals surface area contributed by atoms with Gasteiger partial charge in [-0.25, -0.2) is 4.39 Å². The Morgan fingerprint density at radius 3 is 2.47 bits per heavy atom. The average Bonchev–Trinajstić information content (AvgIpc) is 2.40. The highest BCUT2D eigenvalue weighted by Crippen LogP contribution is 2.21. The molecule has 0 amide bonds. The zero-order chi connectivity index (χ0) is 14.0. The lowest BCUT2D eigenvalue weighted by molar-refractivity contribution is 0.103. The van der Waals surface area contributed by atoms with E-state index in [1.807, 2.05) is 32.0 Å². The molecule has 2 rings (SSSR count). The second kappa shape index (κ2) is 5.22. The molecule has 19 heavy (non-hydrogen) atoms. The summed E-state index contributed by atoms with van der Waals surface area (Å²) in [6, 6.07) is 9.91. The molecule has 0 atom stereocenters. The lowest BCUT2D eigenvalue weighted by Gasteiger charge is -2.08. The Balaban J connectivity index is 2.44. The van der Waals surface area contributed by atoms with Crippen molar-refractivity contribution >= 4 is 5.78 Å². The zero-order valence-corrected chi connectivity index (χ0v) is 11.2. The van der Waals surface area contributed by atoms with Crippen molar-refractivity contribution in [1.82, 2.24) is 0 Å². The van der Waals surface area contributed by atoms with E-state index >= 15 is 0 Å². The van der Waals surface area contributed by atoms with Crippen molar-refractivity contribution < 1.29 is 13.9 Å². The van der Waals surface area contributed by atoms with Gasteiger partial charge in [0.25, 0.3) is 0 Å². The van der Waals surface area contributed by atoms with Gasteiger partial charge in [-0.05, 0) is 43.7 Å². The van der Waals surface area contributed by atoms with Crippen LogP contribution in [0.1, 0.15) is 27.0 Å². The first-order chi connectivity index (χ1) is 9.02. The fourth-order valence-electron chi connectivity index (χ4n) is 1.94. The van der Waals surface area contributed by atoms with Crippen LogP contribution >= 0.6 is 0 Å². The number of rotatable bonds is 3. The summed E-state index contributed by atoms with van der Waals surface area (Å²) in [4.78, 5) is 12.4. The fraction of sp³-hybridized carbons (Fsp3) is 0.188. The van der Waals surface area contributed by atoms with E-state index in [0.717, 1.165) is 11.1 Å². The zero-order valence-electron chi connectivity index (χ0n) is 11.2. The summed E-state index contributed by atoms with van der Waals surface area (Å²) in [5, 5.41) is 0. The minimum Gasteiger partial charge on any atom is -0.494 e. The second-order valence-corrected chi connectivity index (χ2v) is 4.50. The van der Waals surface area contributed by atoms with E-state index in [-0.39, 0.29) is 11.5 Å². The summed E-state index contributed by atoms with van der Waals surface area (Å²) in [6.45, 7) is 3.79. The van der Waals surface area contributed by atoms with Gasteiger partial charge in [-0.3, -0.25) is 4.79 Å². The molecule has 0 aromatic heterocycles. The van der Waals surface area contributed by atoms with Crippen LogP contribution in [0.5, 0.6) is 5.75 Å². The number of hydrogen-bond donors (Lipinski definition) is 0. The van der Waals surface area contributed by atoms with E-state index in [4.69, 9.17) is 4.74 Å². The lowest BCUT2D eigenvalue weighted by Crippen LogP contribution is -2.05. The molecule has 3 heteroatoms. The van der Waals surface area contributed by atoms with Gasteiger partial charge in [0.05, 0.1) is 7.11 Å². The van der Waals surface area contributed by atoms with Crippen LogP contribution in [0.3, 0.4) is 0 Å². The highest BCUT2D eigenvalue weighted by atomic mass is 19.1. The predicted octanol–water partition coefficient (Wildman–Crippen LogP) is 3.68. The van der Waals surface area contributed by atoms with E-state index in [1.165, 1.54) is 19.2 Å². The summed E-state index contributed by atoms with van der Waals surface area (Å²) in [5.74, 6) is -0.570. The van der Waals surface area contributed by atoms with Gasteiger partial charge in [0.15, 0.2) is 17.3 Å². The third-order valence-corrected chi connectivity index (χ3v) is 3.05. The number of benzene rings is 2. The molecule has 0 unspecified atom stereocenters. The number of ether oxygens (including phenoxy) is 1. The quantitative estimate of drug-likeness (QED) is 0.785. The van der Waals surface area contributed by atoms with E-state index < -0.39 is 5.82 Å². The molecular formula is C16H15FO2. The van der Waals surface area contributed by atoms with Crippen molar-refractivity contribution in [2.75, 3.05) is 7.11 Å². The summed E-state index contributed by atoms with van der Waals surface area (Å²) < 4.78 is 18.5. The number of aryl methyl sites for hydroxylation is 2. The van der Waals surface area contributed by atoms with Gasteiger partial charge in [-0.15, -0.1) is 0 Å². The third-order valence-electron chi connectivity index (χ3n) is 3.05. The van der Waals surface area contributed by atoms with Crippen molar-refractivity contribution in [2.24, 2.45) is 0 Å². The highest BCUT2D eigenvalue weighted by molar-refractivity contribution is 6.10. The Morgan fingerprint density at radius 1 is 1.11 bits per heavy atom. The first-order valence-corrected chi connectivity index (χ1v) is 5.98.